The van der Waals surface area contributed by atoms with Gasteiger partial charge in [-0.05, 0) is 41.8 Å². The number of aromatic hydroxyl groups is 1. The van der Waals surface area contributed by atoms with Gasteiger partial charge in [-0.15, -0.1) is 5.73 Å². The van der Waals surface area contributed by atoms with Gasteiger partial charge in [0.05, 0.1) is 12.2 Å². The first-order valence-corrected chi connectivity index (χ1v) is 9.13. The third-order valence-corrected chi connectivity index (χ3v) is 4.54. The lowest BCUT2D eigenvalue weighted by atomic mass is 10.00. The Labute approximate surface area is 157 Å². The molecule has 0 aliphatic rings. The van der Waals surface area contributed by atoms with Crippen LogP contribution in [0.5, 0.6) is 5.75 Å². The first-order chi connectivity index (χ1) is 12.0. The molecular formula is C21H23BrO3. The molecule has 2 aromatic rings. The van der Waals surface area contributed by atoms with E-state index in [1.807, 2.05) is 37.3 Å². The minimum absolute atomic E-state index is 0.0725. The van der Waals surface area contributed by atoms with Crippen molar-refractivity contribution < 1.29 is 15.3 Å². The molecule has 2 aromatic carbocycles. The number of hydrogen-bond acceptors (Lipinski definition) is 3. The van der Waals surface area contributed by atoms with Crippen molar-refractivity contribution in [1.82, 2.24) is 0 Å². The smallest absolute Gasteiger partial charge is 0.121 e. The summed E-state index contributed by atoms with van der Waals surface area (Å²) < 4.78 is 0.805. The van der Waals surface area contributed by atoms with Gasteiger partial charge in [-0.3, -0.25) is 0 Å². The van der Waals surface area contributed by atoms with Gasteiger partial charge in [0.2, 0.25) is 0 Å². The summed E-state index contributed by atoms with van der Waals surface area (Å²) in [5.41, 5.74) is 5.54. The van der Waals surface area contributed by atoms with Crippen molar-refractivity contribution in [1.29, 1.82) is 0 Å². The molecule has 0 aliphatic heterocycles. The van der Waals surface area contributed by atoms with Crippen molar-refractivity contribution in [3.05, 3.63) is 81.5 Å². The van der Waals surface area contributed by atoms with Crippen molar-refractivity contribution in [3.63, 3.8) is 0 Å². The monoisotopic (exact) mass is 402 g/mol. The SMILES string of the molecule is CCC(=C=CC[C@@H](O)c1cc(Br)ccc1O)C[C@@H](O)c1ccccc1. The van der Waals surface area contributed by atoms with E-state index in [9.17, 15) is 15.3 Å². The summed E-state index contributed by atoms with van der Waals surface area (Å²) in [7, 11) is 0. The highest BCUT2D eigenvalue weighted by Crippen LogP contribution is 2.29. The number of aliphatic hydroxyl groups is 2. The second-order valence-electron chi connectivity index (χ2n) is 5.89. The standard InChI is InChI=1S/C21H23BrO3/c1-2-15(13-21(25)16-8-4-3-5-9-16)7-6-10-19(23)18-14-17(22)11-12-20(18)24/h3-6,8-9,11-12,14,19,21,23-25H,2,10,13H2,1H3/t7?,19-,21-/m1/s1. The van der Waals surface area contributed by atoms with Crippen LogP contribution < -0.4 is 0 Å². The van der Waals surface area contributed by atoms with Gasteiger partial charge in [-0.2, -0.15) is 0 Å². The average Bonchev–Trinajstić information content (AvgIpc) is 2.63. The zero-order valence-corrected chi connectivity index (χ0v) is 15.8. The number of benzene rings is 2. The van der Waals surface area contributed by atoms with Crippen LogP contribution in [0.2, 0.25) is 0 Å². The first-order valence-electron chi connectivity index (χ1n) is 8.33. The fourth-order valence-electron chi connectivity index (χ4n) is 2.57. The molecule has 0 saturated heterocycles. The highest BCUT2D eigenvalue weighted by molar-refractivity contribution is 9.10. The topological polar surface area (TPSA) is 60.7 Å². The minimum Gasteiger partial charge on any atom is -0.508 e. The van der Waals surface area contributed by atoms with Gasteiger partial charge in [0.15, 0.2) is 0 Å². The van der Waals surface area contributed by atoms with Gasteiger partial charge >= 0.3 is 0 Å². The predicted molar refractivity (Wildman–Crippen MR) is 103 cm³/mol. The largest absolute Gasteiger partial charge is 0.508 e. The minimum atomic E-state index is -0.804. The Morgan fingerprint density at radius 1 is 1.12 bits per heavy atom. The summed E-state index contributed by atoms with van der Waals surface area (Å²) in [4.78, 5) is 0. The molecule has 2 rings (SSSR count). The molecule has 2 atom stereocenters. The lowest BCUT2D eigenvalue weighted by Crippen LogP contribution is -1.98. The van der Waals surface area contributed by atoms with E-state index in [1.165, 1.54) is 0 Å². The summed E-state index contributed by atoms with van der Waals surface area (Å²) in [6, 6.07) is 14.5. The molecule has 4 heteroatoms. The maximum absolute atomic E-state index is 10.3. The summed E-state index contributed by atoms with van der Waals surface area (Å²) >= 11 is 3.34. The van der Waals surface area contributed by atoms with Crippen LogP contribution in [0.25, 0.3) is 0 Å². The zero-order valence-electron chi connectivity index (χ0n) is 14.2. The van der Waals surface area contributed by atoms with E-state index in [0.717, 1.165) is 22.0 Å². The van der Waals surface area contributed by atoms with Crippen molar-refractivity contribution in [2.75, 3.05) is 0 Å². The van der Waals surface area contributed by atoms with Crippen molar-refractivity contribution in [2.45, 2.75) is 38.4 Å². The molecule has 3 N–H and O–H groups in total. The van der Waals surface area contributed by atoms with Crippen LogP contribution in [0.1, 0.15) is 49.5 Å². The summed E-state index contributed by atoms with van der Waals surface area (Å²) in [6.45, 7) is 2.02. The fourth-order valence-corrected chi connectivity index (χ4v) is 2.94. The number of aliphatic hydroxyl groups excluding tert-OH is 2. The zero-order chi connectivity index (χ0) is 18.2. The highest BCUT2D eigenvalue weighted by Gasteiger charge is 2.12. The molecule has 0 unspecified atom stereocenters. The van der Waals surface area contributed by atoms with Gasteiger partial charge in [-0.1, -0.05) is 53.2 Å². The van der Waals surface area contributed by atoms with E-state index >= 15 is 0 Å². The van der Waals surface area contributed by atoms with Crippen LogP contribution >= 0.6 is 15.9 Å². The Morgan fingerprint density at radius 3 is 2.52 bits per heavy atom. The molecule has 0 bridgehead atoms. The third kappa shape index (κ3) is 5.87. The summed E-state index contributed by atoms with van der Waals surface area (Å²) in [5.74, 6) is 0.0725. The van der Waals surface area contributed by atoms with E-state index in [-0.39, 0.29) is 5.75 Å². The molecule has 3 nitrogen and oxygen atoms in total. The number of phenolic OH excluding ortho intramolecular Hbond substituents is 1. The quantitative estimate of drug-likeness (QED) is 0.558. The van der Waals surface area contributed by atoms with Crippen molar-refractivity contribution in [3.8, 4) is 5.75 Å². The van der Waals surface area contributed by atoms with Crippen LogP contribution in [-0.4, -0.2) is 15.3 Å². The van der Waals surface area contributed by atoms with E-state index in [1.54, 1.807) is 24.3 Å². The van der Waals surface area contributed by atoms with Crippen LogP contribution in [-0.2, 0) is 0 Å². The summed E-state index contributed by atoms with van der Waals surface area (Å²) in [5, 5.41) is 30.4. The molecule has 0 radical (unpaired) electrons. The second kappa shape index (κ2) is 9.59. The van der Waals surface area contributed by atoms with E-state index in [4.69, 9.17) is 0 Å². The first kappa shape index (κ1) is 19.5. The highest BCUT2D eigenvalue weighted by atomic mass is 79.9. The summed E-state index contributed by atoms with van der Waals surface area (Å²) in [6.07, 6.45) is 2.03. The Balaban J connectivity index is 2.04. The van der Waals surface area contributed by atoms with Crippen molar-refractivity contribution in [2.24, 2.45) is 0 Å². The van der Waals surface area contributed by atoms with E-state index in [2.05, 4.69) is 21.7 Å². The number of halogens is 1. The maximum Gasteiger partial charge on any atom is 0.121 e. The van der Waals surface area contributed by atoms with Crippen LogP contribution in [0.15, 0.2) is 70.4 Å². The number of rotatable bonds is 7. The Kier molecular flexibility index (Phi) is 7.48. The molecule has 25 heavy (non-hydrogen) atoms. The van der Waals surface area contributed by atoms with Gasteiger partial charge < -0.3 is 15.3 Å². The van der Waals surface area contributed by atoms with Gasteiger partial charge in [-0.25, -0.2) is 0 Å². The Morgan fingerprint density at radius 2 is 1.84 bits per heavy atom. The van der Waals surface area contributed by atoms with Crippen LogP contribution in [0.4, 0.5) is 0 Å². The average molecular weight is 403 g/mol. The van der Waals surface area contributed by atoms with Crippen molar-refractivity contribution >= 4 is 15.9 Å². The molecule has 0 fully saturated rings. The molecule has 0 aliphatic carbocycles. The van der Waals surface area contributed by atoms with Crippen LogP contribution in [0, 0.1) is 0 Å². The predicted octanol–water partition coefficient (Wildman–Crippen LogP) is 5.19. The Hall–Kier alpha value is -1.84. The Bertz CT molecular complexity index is 749. The second-order valence-corrected chi connectivity index (χ2v) is 6.81. The third-order valence-electron chi connectivity index (χ3n) is 4.05. The van der Waals surface area contributed by atoms with E-state index < -0.39 is 12.2 Å². The molecule has 0 spiro atoms. The molecular weight excluding hydrogens is 380 g/mol. The molecule has 0 aromatic heterocycles. The molecule has 132 valence electrons. The van der Waals surface area contributed by atoms with Gasteiger partial charge in [0.1, 0.15) is 5.75 Å². The van der Waals surface area contributed by atoms with Gasteiger partial charge in [0, 0.05) is 22.9 Å². The lowest BCUT2D eigenvalue weighted by Gasteiger charge is -2.12. The van der Waals surface area contributed by atoms with Crippen LogP contribution in [0.3, 0.4) is 0 Å². The number of phenols is 1. The fraction of sp³-hybridized carbons (Fsp3) is 0.286. The van der Waals surface area contributed by atoms with Gasteiger partial charge in [0.25, 0.3) is 0 Å². The lowest BCUT2D eigenvalue weighted by molar-refractivity contribution is 0.176. The normalized spacial score (nSPS) is 13.0. The maximum atomic E-state index is 10.3. The molecule has 0 saturated carbocycles. The van der Waals surface area contributed by atoms with E-state index in [0.29, 0.717) is 18.4 Å². The molecule has 0 heterocycles. The molecule has 0 amide bonds. The number of hydrogen-bond donors (Lipinski definition) is 3.